The summed E-state index contributed by atoms with van der Waals surface area (Å²) in [6.07, 6.45) is 4.17. The molecule has 2 aliphatic rings. The zero-order valence-electron chi connectivity index (χ0n) is 12.6. The van der Waals surface area contributed by atoms with Gasteiger partial charge in [0.25, 0.3) is 0 Å². The molecule has 2 fully saturated rings. The quantitative estimate of drug-likeness (QED) is 0.696. The molecule has 2 rings (SSSR count). The molecule has 2 heterocycles. The van der Waals surface area contributed by atoms with Crippen LogP contribution in [0.15, 0.2) is 0 Å². The Bertz CT molecular complexity index is 263. The van der Waals surface area contributed by atoms with E-state index in [1.807, 2.05) is 0 Å². The fourth-order valence-corrected chi connectivity index (χ4v) is 2.75. The SMILES string of the molecule is CC1(CNCC(O)COCC2CCCO2)CCOCC1. The molecular weight excluding hydrogens is 258 g/mol. The lowest BCUT2D eigenvalue weighted by molar-refractivity contribution is -0.0181. The standard InChI is InChI=1S/C15H29NO4/c1-15(4-7-18-8-5-15)12-16-9-13(17)10-19-11-14-3-2-6-20-14/h13-14,16-17H,2-12H2,1H3. The number of ether oxygens (including phenoxy) is 3. The monoisotopic (exact) mass is 287 g/mol. The predicted molar refractivity (Wildman–Crippen MR) is 76.8 cm³/mol. The Morgan fingerprint density at radius 1 is 1.35 bits per heavy atom. The molecule has 0 aromatic carbocycles. The number of nitrogens with one attached hydrogen (secondary N) is 1. The lowest BCUT2D eigenvalue weighted by Crippen LogP contribution is -2.40. The Hall–Kier alpha value is -0.200. The summed E-state index contributed by atoms with van der Waals surface area (Å²) in [7, 11) is 0. The third-order valence-electron chi connectivity index (χ3n) is 4.27. The minimum absolute atomic E-state index is 0.233. The van der Waals surface area contributed by atoms with Crippen LogP contribution in [0.2, 0.25) is 0 Å². The van der Waals surface area contributed by atoms with E-state index in [-0.39, 0.29) is 6.10 Å². The molecule has 0 radical (unpaired) electrons. The fourth-order valence-electron chi connectivity index (χ4n) is 2.75. The molecule has 0 saturated carbocycles. The first-order valence-corrected chi connectivity index (χ1v) is 7.84. The van der Waals surface area contributed by atoms with E-state index in [9.17, 15) is 5.11 Å². The average Bonchev–Trinajstić information content (AvgIpc) is 2.92. The van der Waals surface area contributed by atoms with E-state index >= 15 is 0 Å². The van der Waals surface area contributed by atoms with Gasteiger partial charge in [-0.05, 0) is 31.1 Å². The first-order chi connectivity index (χ1) is 9.68. The highest BCUT2D eigenvalue weighted by molar-refractivity contribution is 4.80. The van der Waals surface area contributed by atoms with Gasteiger partial charge in [-0.15, -0.1) is 0 Å². The van der Waals surface area contributed by atoms with Crippen molar-refractivity contribution >= 4 is 0 Å². The van der Waals surface area contributed by atoms with Crippen molar-refractivity contribution in [3.63, 3.8) is 0 Å². The second-order valence-electron chi connectivity index (χ2n) is 6.38. The van der Waals surface area contributed by atoms with Crippen molar-refractivity contribution in [2.24, 2.45) is 5.41 Å². The number of hydrogen-bond donors (Lipinski definition) is 2. The molecule has 118 valence electrons. The van der Waals surface area contributed by atoms with Gasteiger partial charge in [0.1, 0.15) is 0 Å². The average molecular weight is 287 g/mol. The molecule has 2 aliphatic heterocycles. The number of aliphatic hydroxyl groups excluding tert-OH is 1. The van der Waals surface area contributed by atoms with Crippen LogP contribution < -0.4 is 5.32 Å². The highest BCUT2D eigenvalue weighted by atomic mass is 16.5. The minimum Gasteiger partial charge on any atom is -0.389 e. The summed E-state index contributed by atoms with van der Waals surface area (Å²) in [4.78, 5) is 0. The van der Waals surface area contributed by atoms with Gasteiger partial charge in [0.05, 0.1) is 25.4 Å². The summed E-state index contributed by atoms with van der Waals surface area (Å²) in [5.41, 5.74) is 0.302. The fraction of sp³-hybridized carbons (Fsp3) is 1.00. The smallest absolute Gasteiger partial charge is 0.0897 e. The second kappa shape index (κ2) is 8.29. The summed E-state index contributed by atoms with van der Waals surface area (Å²) < 4.78 is 16.4. The zero-order chi connectivity index (χ0) is 14.3. The molecule has 0 spiro atoms. The van der Waals surface area contributed by atoms with Crippen LogP contribution in [0.25, 0.3) is 0 Å². The van der Waals surface area contributed by atoms with E-state index < -0.39 is 6.10 Å². The summed E-state index contributed by atoms with van der Waals surface area (Å²) in [6, 6.07) is 0. The van der Waals surface area contributed by atoms with Crippen LogP contribution in [0.3, 0.4) is 0 Å². The van der Waals surface area contributed by atoms with Crippen molar-refractivity contribution in [2.75, 3.05) is 46.1 Å². The molecule has 2 atom stereocenters. The van der Waals surface area contributed by atoms with Crippen molar-refractivity contribution in [3.8, 4) is 0 Å². The van der Waals surface area contributed by atoms with E-state index in [2.05, 4.69) is 12.2 Å². The molecule has 0 bridgehead atoms. The van der Waals surface area contributed by atoms with Gasteiger partial charge in [-0.2, -0.15) is 0 Å². The Labute approximate surface area is 122 Å². The second-order valence-corrected chi connectivity index (χ2v) is 6.38. The maximum Gasteiger partial charge on any atom is 0.0897 e. The summed E-state index contributed by atoms with van der Waals surface area (Å²) in [5, 5.41) is 13.2. The molecule has 0 aromatic rings. The van der Waals surface area contributed by atoms with E-state index in [1.165, 1.54) is 0 Å². The van der Waals surface area contributed by atoms with Crippen LogP contribution in [0.1, 0.15) is 32.6 Å². The van der Waals surface area contributed by atoms with Gasteiger partial charge in [0.15, 0.2) is 0 Å². The first kappa shape index (κ1) is 16.2. The lowest BCUT2D eigenvalue weighted by Gasteiger charge is -2.34. The molecule has 2 N–H and O–H groups in total. The molecule has 2 saturated heterocycles. The van der Waals surface area contributed by atoms with Crippen LogP contribution in [0, 0.1) is 5.41 Å². The predicted octanol–water partition coefficient (Wildman–Crippen LogP) is 0.949. The van der Waals surface area contributed by atoms with Crippen LogP contribution in [0.5, 0.6) is 0 Å². The first-order valence-electron chi connectivity index (χ1n) is 7.84. The Balaban J connectivity index is 1.49. The minimum atomic E-state index is -0.445. The Morgan fingerprint density at radius 3 is 2.85 bits per heavy atom. The molecule has 5 heteroatoms. The lowest BCUT2D eigenvalue weighted by atomic mass is 9.82. The molecule has 20 heavy (non-hydrogen) atoms. The van der Waals surface area contributed by atoms with Gasteiger partial charge in [0, 0.05) is 32.9 Å². The molecule has 0 amide bonds. The highest BCUT2D eigenvalue weighted by Gasteiger charge is 2.27. The highest BCUT2D eigenvalue weighted by Crippen LogP contribution is 2.28. The van der Waals surface area contributed by atoms with Gasteiger partial charge in [0.2, 0.25) is 0 Å². The van der Waals surface area contributed by atoms with Gasteiger partial charge in [-0.3, -0.25) is 0 Å². The largest absolute Gasteiger partial charge is 0.389 e. The van der Waals surface area contributed by atoms with Gasteiger partial charge in [-0.25, -0.2) is 0 Å². The molecule has 0 aliphatic carbocycles. The Kier molecular flexibility index (Phi) is 6.71. The maximum atomic E-state index is 9.88. The van der Waals surface area contributed by atoms with Crippen molar-refractivity contribution in [3.05, 3.63) is 0 Å². The van der Waals surface area contributed by atoms with Gasteiger partial charge in [-0.1, -0.05) is 6.92 Å². The summed E-state index contributed by atoms with van der Waals surface area (Å²) >= 11 is 0. The normalized spacial score (nSPS) is 27.6. The van der Waals surface area contributed by atoms with Crippen LogP contribution in [-0.2, 0) is 14.2 Å². The third-order valence-corrected chi connectivity index (χ3v) is 4.27. The molecule has 5 nitrogen and oxygen atoms in total. The van der Waals surface area contributed by atoms with E-state index in [4.69, 9.17) is 14.2 Å². The van der Waals surface area contributed by atoms with Crippen molar-refractivity contribution in [2.45, 2.75) is 44.8 Å². The van der Waals surface area contributed by atoms with Crippen molar-refractivity contribution in [1.82, 2.24) is 5.32 Å². The topological polar surface area (TPSA) is 60.0 Å². The Morgan fingerprint density at radius 2 is 2.15 bits per heavy atom. The van der Waals surface area contributed by atoms with Crippen LogP contribution in [0.4, 0.5) is 0 Å². The maximum absolute atomic E-state index is 9.88. The van der Waals surface area contributed by atoms with Crippen LogP contribution in [-0.4, -0.2) is 63.4 Å². The molecular formula is C15H29NO4. The van der Waals surface area contributed by atoms with E-state index in [0.717, 1.165) is 52.0 Å². The molecule has 2 unspecified atom stereocenters. The van der Waals surface area contributed by atoms with Gasteiger partial charge >= 0.3 is 0 Å². The summed E-state index contributed by atoms with van der Waals surface area (Å²) in [5.74, 6) is 0. The zero-order valence-corrected chi connectivity index (χ0v) is 12.6. The number of rotatable bonds is 8. The summed E-state index contributed by atoms with van der Waals surface area (Å²) in [6.45, 7) is 7.33. The van der Waals surface area contributed by atoms with Crippen molar-refractivity contribution in [1.29, 1.82) is 0 Å². The number of aliphatic hydroxyl groups is 1. The third kappa shape index (κ3) is 5.66. The van der Waals surface area contributed by atoms with Crippen LogP contribution >= 0.6 is 0 Å². The van der Waals surface area contributed by atoms with Crippen molar-refractivity contribution < 1.29 is 19.3 Å². The van der Waals surface area contributed by atoms with E-state index in [1.54, 1.807) is 0 Å². The van der Waals surface area contributed by atoms with E-state index in [0.29, 0.717) is 25.2 Å². The van der Waals surface area contributed by atoms with Gasteiger partial charge < -0.3 is 24.6 Å². The molecule has 0 aromatic heterocycles. The number of hydrogen-bond acceptors (Lipinski definition) is 5.